The summed E-state index contributed by atoms with van der Waals surface area (Å²) < 4.78 is 0. The van der Waals surface area contributed by atoms with E-state index in [1.54, 1.807) is 0 Å². The topological polar surface area (TPSA) is 0 Å². The predicted molar refractivity (Wildman–Crippen MR) is 27.8 cm³/mol. The molecule has 0 atom stereocenters. The molecular formula is C4H9Si. The molecule has 1 heteroatoms. The molecular weight excluding hydrogens is 76.1 g/mol. The molecule has 0 nitrogen and oxygen atoms in total. The summed E-state index contributed by atoms with van der Waals surface area (Å²) in [7, 11) is 0.605. The lowest BCUT2D eigenvalue weighted by Gasteiger charge is -1.63. The fourth-order valence-corrected chi connectivity index (χ4v) is 0.577. The van der Waals surface area contributed by atoms with E-state index < -0.39 is 0 Å². The van der Waals surface area contributed by atoms with Gasteiger partial charge < -0.3 is 0 Å². The SMILES string of the molecule is CC=C[SiH]C. The van der Waals surface area contributed by atoms with Crippen molar-refractivity contribution < 1.29 is 0 Å². The average molecular weight is 85.2 g/mol. The van der Waals surface area contributed by atoms with Crippen LogP contribution in [0, 0.1) is 0 Å². The summed E-state index contributed by atoms with van der Waals surface area (Å²) in [5.74, 6) is 0. The third-order valence-electron chi connectivity index (χ3n) is 0.385. The minimum Gasteiger partial charge on any atom is -0.105 e. The second-order valence-electron chi connectivity index (χ2n) is 0.859. The van der Waals surface area contributed by atoms with Gasteiger partial charge in [0.05, 0.1) is 9.52 Å². The van der Waals surface area contributed by atoms with Crippen LogP contribution in [0.5, 0.6) is 0 Å². The average Bonchev–Trinajstić information content (AvgIpc) is 1.41. The third kappa shape index (κ3) is 3.96. The van der Waals surface area contributed by atoms with E-state index in [0.29, 0.717) is 9.52 Å². The standard InChI is InChI=1S/C4H9Si/c1-3-4-5-2/h3-5H,1-2H3. The van der Waals surface area contributed by atoms with Gasteiger partial charge in [0.25, 0.3) is 0 Å². The molecule has 0 spiro atoms. The maximum absolute atomic E-state index is 2.21. The highest BCUT2D eigenvalue weighted by molar-refractivity contribution is 6.40. The normalized spacial score (nSPS) is 10.0. The summed E-state index contributed by atoms with van der Waals surface area (Å²) in [6.07, 6.45) is 2.09. The van der Waals surface area contributed by atoms with E-state index in [4.69, 9.17) is 0 Å². The number of allylic oxidation sites excluding steroid dienone is 1. The Labute approximate surface area is 35.7 Å². The van der Waals surface area contributed by atoms with Gasteiger partial charge in [0.2, 0.25) is 0 Å². The van der Waals surface area contributed by atoms with E-state index in [9.17, 15) is 0 Å². The highest BCUT2D eigenvalue weighted by Gasteiger charge is 1.54. The monoisotopic (exact) mass is 85.0 g/mol. The van der Waals surface area contributed by atoms with Gasteiger partial charge >= 0.3 is 0 Å². The minimum absolute atomic E-state index is 0.605. The van der Waals surface area contributed by atoms with Crippen LogP contribution in [0.1, 0.15) is 6.92 Å². The summed E-state index contributed by atoms with van der Waals surface area (Å²) in [6.45, 7) is 4.26. The van der Waals surface area contributed by atoms with Crippen LogP contribution in [0.2, 0.25) is 6.55 Å². The van der Waals surface area contributed by atoms with Crippen molar-refractivity contribution in [3.63, 3.8) is 0 Å². The zero-order valence-electron chi connectivity index (χ0n) is 3.73. The van der Waals surface area contributed by atoms with Crippen LogP contribution in [0.25, 0.3) is 0 Å². The highest BCUT2D eigenvalue weighted by atomic mass is 28.2. The number of rotatable bonds is 1. The second-order valence-corrected chi connectivity index (χ2v) is 1.91. The largest absolute Gasteiger partial charge is 0.105 e. The summed E-state index contributed by atoms with van der Waals surface area (Å²) in [5, 5.41) is 0. The van der Waals surface area contributed by atoms with Gasteiger partial charge in [-0.2, -0.15) is 0 Å². The molecule has 0 aromatic heterocycles. The Balaban J connectivity index is 2.62. The van der Waals surface area contributed by atoms with Crippen molar-refractivity contribution in [3.05, 3.63) is 11.8 Å². The summed E-state index contributed by atoms with van der Waals surface area (Å²) in [5.41, 5.74) is 2.21. The molecule has 0 unspecified atom stereocenters. The molecule has 0 saturated heterocycles. The van der Waals surface area contributed by atoms with Crippen molar-refractivity contribution in [1.82, 2.24) is 0 Å². The smallest absolute Gasteiger partial charge is 0.0532 e. The van der Waals surface area contributed by atoms with Crippen LogP contribution in [0.4, 0.5) is 0 Å². The molecule has 0 aliphatic carbocycles. The molecule has 5 heavy (non-hydrogen) atoms. The lowest BCUT2D eigenvalue weighted by Crippen LogP contribution is -1.64. The van der Waals surface area contributed by atoms with Gasteiger partial charge in [0.1, 0.15) is 0 Å². The Kier molecular flexibility index (Phi) is 3.92. The van der Waals surface area contributed by atoms with Crippen molar-refractivity contribution in [1.29, 1.82) is 0 Å². The molecule has 0 aliphatic rings. The van der Waals surface area contributed by atoms with Gasteiger partial charge in [0, 0.05) is 0 Å². The molecule has 0 rings (SSSR count). The molecule has 0 amide bonds. The molecule has 29 valence electrons. The molecule has 0 fully saturated rings. The zero-order valence-corrected chi connectivity index (χ0v) is 4.89. The first-order valence-electron chi connectivity index (χ1n) is 1.82. The zero-order chi connectivity index (χ0) is 4.12. The molecule has 0 aliphatic heterocycles. The van der Waals surface area contributed by atoms with Crippen molar-refractivity contribution in [3.8, 4) is 0 Å². The van der Waals surface area contributed by atoms with Gasteiger partial charge in [-0.3, -0.25) is 0 Å². The first-order chi connectivity index (χ1) is 2.41. The number of hydrogen-bond donors (Lipinski definition) is 0. The Bertz CT molecular complexity index is 30.6. The second kappa shape index (κ2) is 3.96. The van der Waals surface area contributed by atoms with E-state index in [1.165, 1.54) is 0 Å². The van der Waals surface area contributed by atoms with E-state index in [-0.39, 0.29) is 0 Å². The van der Waals surface area contributed by atoms with E-state index in [2.05, 4.69) is 25.2 Å². The van der Waals surface area contributed by atoms with Crippen LogP contribution >= 0.6 is 0 Å². The van der Waals surface area contributed by atoms with Crippen LogP contribution in [0.3, 0.4) is 0 Å². The molecule has 0 saturated carbocycles. The van der Waals surface area contributed by atoms with Gasteiger partial charge in [-0.1, -0.05) is 12.6 Å². The quantitative estimate of drug-likeness (QED) is 0.417. The Hall–Kier alpha value is -0.0431. The predicted octanol–water partition coefficient (Wildman–Crippen LogP) is 1.00. The van der Waals surface area contributed by atoms with Crippen LogP contribution in [0.15, 0.2) is 11.8 Å². The molecule has 0 aromatic carbocycles. The number of hydrogen-bond acceptors (Lipinski definition) is 0. The van der Waals surface area contributed by atoms with Crippen LogP contribution in [-0.4, -0.2) is 9.52 Å². The van der Waals surface area contributed by atoms with Crippen molar-refractivity contribution in [2.24, 2.45) is 0 Å². The molecule has 0 heterocycles. The van der Waals surface area contributed by atoms with Crippen molar-refractivity contribution >= 4 is 9.52 Å². The van der Waals surface area contributed by atoms with Crippen molar-refractivity contribution in [2.75, 3.05) is 0 Å². The van der Waals surface area contributed by atoms with Gasteiger partial charge in [-0.25, -0.2) is 0 Å². The highest BCUT2D eigenvalue weighted by Crippen LogP contribution is 1.60. The van der Waals surface area contributed by atoms with Crippen LogP contribution in [-0.2, 0) is 0 Å². The van der Waals surface area contributed by atoms with Gasteiger partial charge in [-0.15, -0.1) is 5.70 Å². The first-order valence-corrected chi connectivity index (χ1v) is 3.64. The third-order valence-corrected chi connectivity index (χ3v) is 1.15. The summed E-state index contributed by atoms with van der Waals surface area (Å²) >= 11 is 0. The Morgan fingerprint density at radius 3 is 2.20 bits per heavy atom. The van der Waals surface area contributed by atoms with E-state index in [0.717, 1.165) is 0 Å². The maximum atomic E-state index is 2.21. The fraction of sp³-hybridized carbons (Fsp3) is 0.500. The summed E-state index contributed by atoms with van der Waals surface area (Å²) in [4.78, 5) is 0. The Morgan fingerprint density at radius 1 is 1.60 bits per heavy atom. The molecule has 0 aromatic rings. The van der Waals surface area contributed by atoms with Crippen molar-refractivity contribution in [2.45, 2.75) is 13.5 Å². The van der Waals surface area contributed by atoms with Gasteiger partial charge in [-0.05, 0) is 6.92 Å². The lowest BCUT2D eigenvalue weighted by atomic mass is 10.8. The lowest BCUT2D eigenvalue weighted by molar-refractivity contribution is 1.78. The maximum Gasteiger partial charge on any atom is 0.0532 e. The first kappa shape index (κ1) is 4.96. The van der Waals surface area contributed by atoms with Crippen LogP contribution < -0.4 is 0 Å². The fourth-order valence-electron chi connectivity index (χ4n) is 0.192. The molecule has 1 radical (unpaired) electrons. The van der Waals surface area contributed by atoms with Gasteiger partial charge in [0.15, 0.2) is 0 Å². The Morgan fingerprint density at radius 2 is 2.20 bits per heavy atom. The molecule has 0 N–H and O–H groups in total. The molecule has 0 bridgehead atoms. The summed E-state index contributed by atoms with van der Waals surface area (Å²) in [6, 6.07) is 0. The minimum atomic E-state index is 0.605. The van der Waals surface area contributed by atoms with E-state index >= 15 is 0 Å². The van der Waals surface area contributed by atoms with E-state index in [1.807, 2.05) is 0 Å².